The van der Waals surface area contributed by atoms with Crippen molar-refractivity contribution < 1.29 is 22.7 Å². The average molecular weight is 171 g/mol. The zero-order valence-corrected chi connectivity index (χ0v) is 5.86. The molecule has 6 heteroatoms. The molecule has 0 amide bonds. The fraction of sp³-hybridized carbons (Fsp3) is 0.800. The average Bonchev–Trinajstić information content (AvgIpc) is 1.85. The lowest BCUT2D eigenvalue weighted by atomic mass is 10.5. The number of halogens is 3. The van der Waals surface area contributed by atoms with Crippen molar-refractivity contribution >= 4 is 5.97 Å². The van der Waals surface area contributed by atoms with Gasteiger partial charge in [-0.15, -0.1) is 0 Å². The summed E-state index contributed by atoms with van der Waals surface area (Å²) in [6.07, 6.45) is -4.28. The highest BCUT2D eigenvalue weighted by molar-refractivity contribution is 5.71. The van der Waals surface area contributed by atoms with Gasteiger partial charge in [0.15, 0.2) is 0 Å². The first-order valence-electron chi connectivity index (χ1n) is 2.80. The molecule has 0 atom stereocenters. The Balaban J connectivity index is 3.35. The number of alkyl halides is 3. The van der Waals surface area contributed by atoms with Crippen molar-refractivity contribution in [3.05, 3.63) is 0 Å². The summed E-state index contributed by atoms with van der Waals surface area (Å²) in [6, 6.07) is 0. The molecule has 0 rings (SSSR count). The zero-order valence-electron chi connectivity index (χ0n) is 5.86. The lowest BCUT2D eigenvalue weighted by molar-refractivity contribution is -0.142. The largest absolute Gasteiger partial charge is 0.468 e. The molecule has 0 unspecified atom stereocenters. The summed E-state index contributed by atoms with van der Waals surface area (Å²) in [5, 5.41) is 1.88. The van der Waals surface area contributed by atoms with Crippen LogP contribution >= 0.6 is 0 Å². The quantitative estimate of drug-likeness (QED) is 0.621. The van der Waals surface area contributed by atoms with Gasteiger partial charge in [0.25, 0.3) is 0 Å². The molecule has 0 radical (unpaired) electrons. The molecule has 66 valence electrons. The maximum absolute atomic E-state index is 11.4. The van der Waals surface area contributed by atoms with Crippen molar-refractivity contribution in [2.45, 2.75) is 6.18 Å². The lowest BCUT2D eigenvalue weighted by Crippen LogP contribution is -2.33. The molecule has 0 aliphatic carbocycles. The Morgan fingerprint density at radius 2 is 2.09 bits per heavy atom. The summed E-state index contributed by atoms with van der Waals surface area (Å²) in [5.74, 6) is -0.714. The van der Waals surface area contributed by atoms with Gasteiger partial charge in [0.1, 0.15) is 0 Å². The van der Waals surface area contributed by atoms with Gasteiger partial charge in [-0.05, 0) is 0 Å². The Hall–Kier alpha value is -0.780. The highest BCUT2D eigenvalue weighted by Gasteiger charge is 2.26. The van der Waals surface area contributed by atoms with E-state index in [-0.39, 0.29) is 0 Å². The molecule has 0 aromatic rings. The maximum Gasteiger partial charge on any atom is 0.401 e. The van der Waals surface area contributed by atoms with Crippen molar-refractivity contribution in [2.75, 3.05) is 20.2 Å². The molecule has 0 bridgehead atoms. The fourth-order valence-electron chi connectivity index (χ4n) is 0.378. The number of hydrogen-bond donors (Lipinski definition) is 1. The molecule has 0 saturated carbocycles. The van der Waals surface area contributed by atoms with Gasteiger partial charge in [-0.3, -0.25) is 10.1 Å². The molecule has 1 N–H and O–H groups in total. The van der Waals surface area contributed by atoms with Gasteiger partial charge in [0, 0.05) is 0 Å². The van der Waals surface area contributed by atoms with Crippen LogP contribution in [0.15, 0.2) is 0 Å². The van der Waals surface area contributed by atoms with Crippen molar-refractivity contribution in [1.82, 2.24) is 5.32 Å². The summed E-state index contributed by atoms with van der Waals surface area (Å²) in [6.45, 7) is -1.60. The van der Waals surface area contributed by atoms with Crippen LogP contribution in [0.25, 0.3) is 0 Å². The minimum atomic E-state index is -4.28. The van der Waals surface area contributed by atoms with Gasteiger partial charge in [0.2, 0.25) is 0 Å². The Kier molecular flexibility index (Phi) is 3.88. The summed E-state index contributed by atoms with van der Waals surface area (Å²) < 4.78 is 38.3. The van der Waals surface area contributed by atoms with Gasteiger partial charge in [-0.1, -0.05) is 0 Å². The van der Waals surface area contributed by atoms with E-state index in [4.69, 9.17) is 0 Å². The van der Waals surface area contributed by atoms with Gasteiger partial charge in [-0.25, -0.2) is 0 Å². The third-order valence-corrected chi connectivity index (χ3v) is 0.822. The molecule has 0 aromatic heterocycles. The minimum absolute atomic E-state index is 0.421. The number of carbonyl (C=O) groups is 1. The van der Waals surface area contributed by atoms with Crippen molar-refractivity contribution in [3.8, 4) is 0 Å². The van der Waals surface area contributed by atoms with Crippen LogP contribution in [0.4, 0.5) is 13.2 Å². The Morgan fingerprint density at radius 1 is 1.55 bits per heavy atom. The summed E-state index contributed by atoms with van der Waals surface area (Å²) >= 11 is 0. The van der Waals surface area contributed by atoms with Gasteiger partial charge < -0.3 is 4.74 Å². The van der Waals surface area contributed by atoms with Crippen molar-refractivity contribution in [2.24, 2.45) is 0 Å². The van der Waals surface area contributed by atoms with Gasteiger partial charge in [-0.2, -0.15) is 13.2 Å². The van der Waals surface area contributed by atoms with Crippen molar-refractivity contribution in [1.29, 1.82) is 0 Å². The first kappa shape index (κ1) is 10.2. The van der Waals surface area contributed by atoms with Crippen molar-refractivity contribution in [3.63, 3.8) is 0 Å². The van der Waals surface area contributed by atoms with E-state index in [9.17, 15) is 18.0 Å². The molecule has 0 aromatic carbocycles. The fourth-order valence-corrected chi connectivity index (χ4v) is 0.378. The first-order valence-corrected chi connectivity index (χ1v) is 2.80. The second-order valence-corrected chi connectivity index (χ2v) is 1.79. The minimum Gasteiger partial charge on any atom is -0.468 e. The molecule has 3 nitrogen and oxygen atoms in total. The van der Waals surface area contributed by atoms with E-state index in [0.717, 1.165) is 7.11 Å². The predicted molar refractivity (Wildman–Crippen MR) is 30.9 cm³/mol. The third kappa shape index (κ3) is 7.11. The molecule has 0 saturated heterocycles. The molecular weight excluding hydrogens is 163 g/mol. The van der Waals surface area contributed by atoms with Crippen LogP contribution in [-0.4, -0.2) is 32.3 Å². The van der Waals surface area contributed by atoms with Gasteiger partial charge >= 0.3 is 12.1 Å². The van der Waals surface area contributed by atoms with Crippen LogP contribution in [0, 0.1) is 0 Å². The maximum atomic E-state index is 11.4. The normalized spacial score (nSPS) is 11.3. The zero-order chi connectivity index (χ0) is 8.91. The van der Waals surface area contributed by atoms with Crippen LogP contribution in [0.5, 0.6) is 0 Å². The highest BCUT2D eigenvalue weighted by atomic mass is 19.4. The number of methoxy groups -OCH3 is 1. The summed E-state index contributed by atoms with van der Waals surface area (Å²) in [4.78, 5) is 10.2. The Bertz CT molecular complexity index is 134. The monoisotopic (exact) mass is 171 g/mol. The molecular formula is C5H8F3NO2. The second kappa shape index (κ2) is 4.17. The molecule has 0 fully saturated rings. The number of rotatable bonds is 3. The number of nitrogens with one attached hydrogen (secondary N) is 1. The van der Waals surface area contributed by atoms with Crippen LogP contribution < -0.4 is 5.32 Å². The lowest BCUT2D eigenvalue weighted by Gasteiger charge is -2.06. The molecule has 0 aliphatic heterocycles. The van der Waals surface area contributed by atoms with E-state index in [1.54, 1.807) is 0 Å². The Labute approximate surface area is 61.5 Å². The highest BCUT2D eigenvalue weighted by Crippen LogP contribution is 2.11. The van der Waals surface area contributed by atoms with E-state index in [2.05, 4.69) is 4.74 Å². The number of esters is 1. The molecule has 11 heavy (non-hydrogen) atoms. The molecule has 0 spiro atoms. The SMILES string of the molecule is COC(=O)CNCC(F)(F)F. The topological polar surface area (TPSA) is 38.3 Å². The van der Waals surface area contributed by atoms with Crippen LogP contribution in [-0.2, 0) is 9.53 Å². The number of ether oxygens (including phenoxy) is 1. The van der Waals surface area contributed by atoms with Crippen LogP contribution in [0.2, 0.25) is 0 Å². The molecule has 0 aliphatic rings. The van der Waals surface area contributed by atoms with E-state index in [1.165, 1.54) is 0 Å². The third-order valence-electron chi connectivity index (χ3n) is 0.822. The van der Waals surface area contributed by atoms with E-state index in [0.29, 0.717) is 0 Å². The smallest absolute Gasteiger partial charge is 0.401 e. The van der Waals surface area contributed by atoms with E-state index >= 15 is 0 Å². The Morgan fingerprint density at radius 3 is 2.45 bits per heavy atom. The molecule has 0 heterocycles. The standard InChI is InChI=1S/C5H8F3NO2/c1-11-4(10)2-9-3-5(6,7)8/h9H,2-3H2,1H3. The first-order chi connectivity index (χ1) is 4.95. The van der Waals surface area contributed by atoms with E-state index in [1.807, 2.05) is 5.32 Å². The van der Waals surface area contributed by atoms with Gasteiger partial charge in [0.05, 0.1) is 20.2 Å². The van der Waals surface area contributed by atoms with Crippen LogP contribution in [0.1, 0.15) is 0 Å². The number of carbonyl (C=O) groups excluding carboxylic acids is 1. The second-order valence-electron chi connectivity index (χ2n) is 1.79. The number of hydrogen-bond acceptors (Lipinski definition) is 3. The summed E-state index contributed by atoms with van der Waals surface area (Å²) in [7, 11) is 1.11. The van der Waals surface area contributed by atoms with E-state index < -0.39 is 25.2 Å². The summed E-state index contributed by atoms with van der Waals surface area (Å²) in [5.41, 5.74) is 0. The van der Waals surface area contributed by atoms with Crippen LogP contribution in [0.3, 0.4) is 0 Å². The predicted octanol–water partition coefficient (Wildman–Crippen LogP) is 0.311.